The zero-order valence-corrected chi connectivity index (χ0v) is 17.4. The van der Waals surface area contributed by atoms with Gasteiger partial charge < -0.3 is 10.0 Å². The van der Waals surface area contributed by atoms with Crippen LogP contribution in [0.3, 0.4) is 0 Å². The molecule has 0 unspecified atom stereocenters. The summed E-state index contributed by atoms with van der Waals surface area (Å²) < 4.78 is 25.9. The van der Waals surface area contributed by atoms with Crippen molar-refractivity contribution in [3.8, 4) is 5.75 Å². The SMILES string of the molecule is CN(C)S(=O)(=O)c1cc(C(=O)N2CCC(c3ccc(O)cc3)CC2)ccc1Cl. The highest BCUT2D eigenvalue weighted by Gasteiger charge is 2.27. The number of nitrogens with zero attached hydrogens (tertiary/aromatic N) is 2. The standard InChI is InChI=1S/C20H23ClN2O4S/c1-22(2)28(26,27)19-13-16(5-8-18(19)21)20(25)23-11-9-15(10-12-23)14-3-6-17(24)7-4-14/h3-8,13,15,24H,9-12H2,1-2H3. The lowest BCUT2D eigenvalue weighted by Gasteiger charge is -2.32. The number of carbonyl (C=O) groups is 1. The molecule has 1 N–H and O–H groups in total. The van der Waals surface area contributed by atoms with Crippen LogP contribution in [0.2, 0.25) is 5.02 Å². The Morgan fingerprint density at radius 1 is 1.11 bits per heavy atom. The number of sulfonamides is 1. The molecule has 1 heterocycles. The molecule has 2 aromatic carbocycles. The van der Waals surface area contributed by atoms with Gasteiger partial charge >= 0.3 is 0 Å². The maximum Gasteiger partial charge on any atom is 0.253 e. The molecule has 8 heteroatoms. The number of carbonyl (C=O) groups excluding carboxylic acids is 1. The summed E-state index contributed by atoms with van der Waals surface area (Å²) in [6, 6.07) is 11.5. The van der Waals surface area contributed by atoms with E-state index in [0.29, 0.717) is 24.6 Å². The highest BCUT2D eigenvalue weighted by atomic mass is 35.5. The Morgan fingerprint density at radius 2 is 1.71 bits per heavy atom. The molecule has 1 aliphatic rings. The summed E-state index contributed by atoms with van der Waals surface area (Å²) in [5.41, 5.74) is 1.46. The Kier molecular flexibility index (Phi) is 5.98. The number of likely N-dealkylation sites (tertiary alicyclic amines) is 1. The molecule has 0 aliphatic carbocycles. The van der Waals surface area contributed by atoms with Crippen LogP contribution in [0.1, 0.15) is 34.7 Å². The second-order valence-corrected chi connectivity index (χ2v) is 9.62. The quantitative estimate of drug-likeness (QED) is 0.819. The molecule has 0 atom stereocenters. The lowest BCUT2D eigenvalue weighted by molar-refractivity contribution is 0.0712. The van der Waals surface area contributed by atoms with Gasteiger partial charge in [-0.05, 0) is 54.7 Å². The maximum atomic E-state index is 12.9. The number of halogens is 1. The first-order valence-corrected chi connectivity index (χ1v) is 10.8. The fourth-order valence-corrected chi connectivity index (χ4v) is 4.77. The topological polar surface area (TPSA) is 77.9 Å². The monoisotopic (exact) mass is 422 g/mol. The third-order valence-electron chi connectivity index (χ3n) is 5.08. The van der Waals surface area contributed by atoms with Crippen molar-refractivity contribution in [3.63, 3.8) is 0 Å². The van der Waals surface area contributed by atoms with Crippen molar-refractivity contribution in [1.82, 2.24) is 9.21 Å². The highest BCUT2D eigenvalue weighted by molar-refractivity contribution is 7.89. The van der Waals surface area contributed by atoms with E-state index in [1.54, 1.807) is 23.1 Å². The summed E-state index contributed by atoms with van der Waals surface area (Å²) in [6.45, 7) is 1.17. The molecule has 0 radical (unpaired) electrons. The zero-order chi connectivity index (χ0) is 20.5. The van der Waals surface area contributed by atoms with Gasteiger partial charge in [0, 0.05) is 32.7 Å². The van der Waals surface area contributed by atoms with Gasteiger partial charge in [-0.2, -0.15) is 0 Å². The highest BCUT2D eigenvalue weighted by Crippen LogP contribution is 2.30. The maximum absolute atomic E-state index is 12.9. The zero-order valence-electron chi connectivity index (χ0n) is 15.8. The van der Waals surface area contributed by atoms with E-state index in [2.05, 4.69) is 0 Å². The average Bonchev–Trinajstić information content (AvgIpc) is 2.68. The van der Waals surface area contributed by atoms with Gasteiger partial charge in [-0.15, -0.1) is 0 Å². The van der Waals surface area contributed by atoms with Crippen LogP contribution in [0.4, 0.5) is 0 Å². The average molecular weight is 423 g/mol. The summed E-state index contributed by atoms with van der Waals surface area (Å²) in [7, 11) is -0.883. The van der Waals surface area contributed by atoms with Gasteiger partial charge in [-0.25, -0.2) is 12.7 Å². The van der Waals surface area contributed by atoms with Crippen molar-refractivity contribution in [2.24, 2.45) is 0 Å². The number of benzene rings is 2. The van der Waals surface area contributed by atoms with Crippen LogP contribution in [0.15, 0.2) is 47.4 Å². The third kappa shape index (κ3) is 4.16. The molecule has 1 amide bonds. The predicted octanol–water partition coefficient (Wildman–Crippen LogP) is 3.32. The van der Waals surface area contributed by atoms with Crippen LogP contribution < -0.4 is 0 Å². The summed E-state index contributed by atoms with van der Waals surface area (Å²) in [4.78, 5) is 14.6. The van der Waals surface area contributed by atoms with Crippen LogP contribution in [0, 0.1) is 0 Å². The number of piperidine rings is 1. The minimum Gasteiger partial charge on any atom is -0.508 e. The summed E-state index contributed by atoms with van der Waals surface area (Å²) in [5.74, 6) is 0.373. The fraction of sp³-hybridized carbons (Fsp3) is 0.350. The van der Waals surface area contributed by atoms with Gasteiger partial charge in [0.1, 0.15) is 10.6 Å². The number of hydrogen-bond acceptors (Lipinski definition) is 4. The van der Waals surface area contributed by atoms with E-state index >= 15 is 0 Å². The number of aromatic hydroxyl groups is 1. The molecule has 3 rings (SSSR count). The van der Waals surface area contributed by atoms with Gasteiger partial charge in [-0.3, -0.25) is 4.79 Å². The number of phenols is 1. The molecule has 2 aromatic rings. The van der Waals surface area contributed by atoms with Crippen molar-refractivity contribution in [1.29, 1.82) is 0 Å². The first kappa shape index (κ1) is 20.6. The Labute approximate surface area is 170 Å². The third-order valence-corrected chi connectivity index (χ3v) is 7.38. The van der Waals surface area contributed by atoms with Gasteiger partial charge in [0.15, 0.2) is 0 Å². The van der Waals surface area contributed by atoms with E-state index in [4.69, 9.17) is 11.6 Å². The van der Waals surface area contributed by atoms with Gasteiger partial charge in [0.2, 0.25) is 10.0 Å². The van der Waals surface area contributed by atoms with Gasteiger partial charge in [-0.1, -0.05) is 23.7 Å². The summed E-state index contributed by atoms with van der Waals surface area (Å²) >= 11 is 6.06. The summed E-state index contributed by atoms with van der Waals surface area (Å²) in [6.07, 6.45) is 1.62. The van der Waals surface area contributed by atoms with Crippen LogP contribution in [0.5, 0.6) is 5.75 Å². The van der Waals surface area contributed by atoms with Gasteiger partial charge in [0.05, 0.1) is 5.02 Å². The lowest BCUT2D eigenvalue weighted by Crippen LogP contribution is -2.38. The van der Waals surface area contributed by atoms with Crippen molar-refractivity contribution >= 4 is 27.5 Å². The van der Waals surface area contributed by atoms with Gasteiger partial charge in [0.25, 0.3) is 5.91 Å². The Balaban J connectivity index is 1.74. The van der Waals surface area contributed by atoms with E-state index in [0.717, 1.165) is 22.7 Å². The molecule has 1 aliphatic heterocycles. The minimum absolute atomic E-state index is 0.0657. The van der Waals surface area contributed by atoms with E-state index < -0.39 is 10.0 Å². The molecule has 0 aromatic heterocycles. The predicted molar refractivity (Wildman–Crippen MR) is 108 cm³/mol. The largest absolute Gasteiger partial charge is 0.508 e. The molecule has 1 saturated heterocycles. The Bertz CT molecular complexity index is 966. The van der Waals surface area contributed by atoms with E-state index in [-0.39, 0.29) is 21.6 Å². The van der Waals surface area contributed by atoms with Crippen LogP contribution in [-0.4, -0.2) is 55.8 Å². The minimum atomic E-state index is -3.73. The molecule has 0 saturated carbocycles. The van der Waals surface area contributed by atoms with Crippen molar-refractivity contribution in [2.45, 2.75) is 23.7 Å². The van der Waals surface area contributed by atoms with Crippen molar-refractivity contribution in [3.05, 3.63) is 58.6 Å². The Hall–Kier alpha value is -2.09. The normalized spacial score (nSPS) is 15.8. The smallest absolute Gasteiger partial charge is 0.253 e. The molecular formula is C20H23ClN2O4S. The molecule has 0 spiro atoms. The second-order valence-electron chi connectivity index (χ2n) is 7.09. The molecule has 6 nitrogen and oxygen atoms in total. The first-order chi connectivity index (χ1) is 13.2. The number of phenolic OH excluding ortho intramolecular Hbond substituents is 1. The van der Waals surface area contributed by atoms with Crippen LogP contribution in [0.25, 0.3) is 0 Å². The molecule has 0 bridgehead atoms. The number of rotatable bonds is 4. The number of amides is 1. The van der Waals surface area contributed by atoms with Crippen LogP contribution >= 0.6 is 11.6 Å². The Morgan fingerprint density at radius 3 is 2.29 bits per heavy atom. The molecular weight excluding hydrogens is 400 g/mol. The fourth-order valence-electron chi connectivity index (χ4n) is 3.38. The first-order valence-electron chi connectivity index (χ1n) is 9.00. The summed E-state index contributed by atoms with van der Waals surface area (Å²) in [5, 5.41) is 9.51. The lowest BCUT2D eigenvalue weighted by atomic mass is 9.89. The molecule has 28 heavy (non-hydrogen) atoms. The van der Waals surface area contributed by atoms with Crippen molar-refractivity contribution in [2.75, 3.05) is 27.2 Å². The van der Waals surface area contributed by atoms with Crippen LogP contribution in [-0.2, 0) is 10.0 Å². The molecule has 1 fully saturated rings. The van der Waals surface area contributed by atoms with E-state index in [1.807, 2.05) is 12.1 Å². The van der Waals surface area contributed by atoms with Crippen molar-refractivity contribution < 1.29 is 18.3 Å². The number of hydrogen-bond donors (Lipinski definition) is 1. The second kappa shape index (κ2) is 8.11. The molecule has 150 valence electrons. The van der Waals surface area contributed by atoms with E-state index in [1.165, 1.54) is 26.2 Å². The van der Waals surface area contributed by atoms with E-state index in [9.17, 15) is 18.3 Å².